The van der Waals surface area contributed by atoms with Gasteiger partial charge in [-0.3, -0.25) is 4.79 Å². The second-order valence-corrected chi connectivity index (χ2v) is 4.81. The van der Waals surface area contributed by atoms with E-state index in [0.717, 1.165) is 12.1 Å². The average Bonchev–Trinajstić information content (AvgIpc) is 2.47. The summed E-state index contributed by atoms with van der Waals surface area (Å²) in [6.07, 6.45) is -4.31. The van der Waals surface area contributed by atoms with Crippen molar-refractivity contribution >= 4 is 17.3 Å². The zero-order valence-electron chi connectivity index (χ0n) is 12.0. The van der Waals surface area contributed by atoms with E-state index < -0.39 is 11.7 Å². The van der Waals surface area contributed by atoms with Gasteiger partial charge in [0.2, 0.25) is 5.91 Å². The van der Waals surface area contributed by atoms with Gasteiger partial charge in [-0.2, -0.15) is 13.2 Å². The predicted octanol–water partition coefficient (Wildman–Crippen LogP) is 4.29. The molecule has 0 aliphatic heterocycles. The van der Waals surface area contributed by atoms with Gasteiger partial charge < -0.3 is 10.6 Å². The summed E-state index contributed by atoms with van der Waals surface area (Å²) in [5, 5.41) is 5.38. The Labute approximate surface area is 130 Å². The SMILES string of the molecule is O=C(CCNc1cccc(F)c1)Nc1ccc(C(F)(F)F)cc1. The number of alkyl halides is 3. The zero-order valence-corrected chi connectivity index (χ0v) is 12.0. The van der Waals surface area contributed by atoms with Crippen molar-refractivity contribution in [2.24, 2.45) is 0 Å². The van der Waals surface area contributed by atoms with Gasteiger partial charge in [0.05, 0.1) is 5.56 Å². The Morgan fingerprint density at radius 3 is 2.30 bits per heavy atom. The summed E-state index contributed by atoms with van der Waals surface area (Å²) in [4.78, 5) is 11.7. The molecule has 0 saturated carbocycles. The molecule has 0 saturated heterocycles. The second-order valence-electron chi connectivity index (χ2n) is 4.81. The first-order valence-corrected chi connectivity index (χ1v) is 6.81. The molecule has 23 heavy (non-hydrogen) atoms. The highest BCUT2D eigenvalue weighted by Gasteiger charge is 2.29. The number of benzene rings is 2. The number of hydrogen-bond acceptors (Lipinski definition) is 2. The lowest BCUT2D eigenvalue weighted by molar-refractivity contribution is -0.137. The van der Waals surface area contributed by atoms with E-state index in [1.807, 2.05) is 0 Å². The minimum Gasteiger partial charge on any atom is -0.384 e. The van der Waals surface area contributed by atoms with Crippen LogP contribution in [0.15, 0.2) is 48.5 Å². The van der Waals surface area contributed by atoms with Crippen LogP contribution in [-0.2, 0) is 11.0 Å². The average molecular weight is 326 g/mol. The predicted molar refractivity (Wildman–Crippen MR) is 79.6 cm³/mol. The molecular weight excluding hydrogens is 312 g/mol. The van der Waals surface area contributed by atoms with E-state index in [9.17, 15) is 22.4 Å². The highest BCUT2D eigenvalue weighted by atomic mass is 19.4. The van der Waals surface area contributed by atoms with Crippen molar-refractivity contribution in [2.45, 2.75) is 12.6 Å². The van der Waals surface area contributed by atoms with Gasteiger partial charge in [0.15, 0.2) is 0 Å². The maximum Gasteiger partial charge on any atom is 0.416 e. The maximum absolute atomic E-state index is 13.0. The molecule has 0 aliphatic carbocycles. The largest absolute Gasteiger partial charge is 0.416 e. The minimum atomic E-state index is -4.41. The molecule has 122 valence electrons. The number of halogens is 4. The fourth-order valence-corrected chi connectivity index (χ4v) is 1.88. The number of carbonyl (C=O) groups excluding carboxylic acids is 1. The lowest BCUT2D eigenvalue weighted by Gasteiger charge is -2.09. The third-order valence-corrected chi connectivity index (χ3v) is 3.00. The van der Waals surface area contributed by atoms with E-state index in [2.05, 4.69) is 10.6 Å². The molecule has 7 heteroatoms. The fourth-order valence-electron chi connectivity index (χ4n) is 1.88. The fraction of sp³-hybridized carbons (Fsp3) is 0.188. The molecule has 0 radical (unpaired) electrons. The maximum atomic E-state index is 13.0. The molecule has 1 amide bonds. The molecule has 2 N–H and O–H groups in total. The van der Waals surface area contributed by atoms with Gasteiger partial charge in [-0.05, 0) is 42.5 Å². The van der Waals surface area contributed by atoms with Gasteiger partial charge in [0, 0.05) is 24.3 Å². The number of amides is 1. The van der Waals surface area contributed by atoms with Crippen LogP contribution < -0.4 is 10.6 Å². The molecule has 2 rings (SSSR count). The highest BCUT2D eigenvalue weighted by molar-refractivity contribution is 5.91. The van der Waals surface area contributed by atoms with Crippen LogP contribution in [0.4, 0.5) is 28.9 Å². The van der Waals surface area contributed by atoms with Gasteiger partial charge in [-0.15, -0.1) is 0 Å². The Bertz CT molecular complexity index is 669. The summed E-state index contributed by atoms with van der Waals surface area (Å²) in [5.74, 6) is -0.738. The van der Waals surface area contributed by atoms with Gasteiger partial charge in [0.25, 0.3) is 0 Å². The van der Waals surface area contributed by atoms with Crippen LogP contribution in [-0.4, -0.2) is 12.5 Å². The van der Waals surface area contributed by atoms with Crippen LogP contribution in [0.5, 0.6) is 0 Å². The number of nitrogens with one attached hydrogen (secondary N) is 2. The van der Waals surface area contributed by atoms with Crippen molar-refractivity contribution in [3.05, 3.63) is 59.9 Å². The van der Waals surface area contributed by atoms with Crippen molar-refractivity contribution in [3.63, 3.8) is 0 Å². The van der Waals surface area contributed by atoms with E-state index in [1.165, 1.54) is 24.3 Å². The monoisotopic (exact) mass is 326 g/mol. The van der Waals surface area contributed by atoms with Crippen LogP contribution >= 0.6 is 0 Å². The van der Waals surface area contributed by atoms with Crippen molar-refractivity contribution in [1.82, 2.24) is 0 Å². The summed E-state index contributed by atoms with van der Waals surface area (Å²) in [5.41, 5.74) is 0.0596. The summed E-state index contributed by atoms with van der Waals surface area (Å²) >= 11 is 0. The van der Waals surface area contributed by atoms with E-state index in [1.54, 1.807) is 12.1 Å². The third kappa shape index (κ3) is 5.28. The van der Waals surface area contributed by atoms with Crippen LogP contribution in [0.1, 0.15) is 12.0 Å². The Morgan fingerprint density at radius 1 is 1.00 bits per heavy atom. The summed E-state index contributed by atoms with van der Waals surface area (Å²) in [6, 6.07) is 10.0. The molecule has 0 aromatic heterocycles. The molecule has 2 aromatic rings. The van der Waals surface area contributed by atoms with Crippen molar-refractivity contribution in [3.8, 4) is 0 Å². The van der Waals surface area contributed by atoms with Crippen molar-refractivity contribution < 1.29 is 22.4 Å². The third-order valence-electron chi connectivity index (χ3n) is 3.00. The normalized spacial score (nSPS) is 11.1. The van der Waals surface area contributed by atoms with Gasteiger partial charge in [0.1, 0.15) is 5.82 Å². The number of hydrogen-bond donors (Lipinski definition) is 2. The first kappa shape index (κ1) is 16.8. The first-order chi connectivity index (χ1) is 10.8. The van der Waals surface area contributed by atoms with E-state index >= 15 is 0 Å². The quantitative estimate of drug-likeness (QED) is 0.805. The summed E-state index contributed by atoms with van der Waals surface area (Å²) in [7, 11) is 0. The van der Waals surface area contributed by atoms with Crippen molar-refractivity contribution in [1.29, 1.82) is 0 Å². The van der Waals surface area contributed by atoms with E-state index in [-0.39, 0.29) is 30.4 Å². The van der Waals surface area contributed by atoms with E-state index in [4.69, 9.17) is 0 Å². The summed E-state index contributed by atoms with van der Waals surface area (Å²) < 4.78 is 50.2. The van der Waals surface area contributed by atoms with Gasteiger partial charge in [-0.1, -0.05) is 6.07 Å². The lowest BCUT2D eigenvalue weighted by atomic mass is 10.2. The summed E-state index contributed by atoms with van der Waals surface area (Å²) in [6.45, 7) is 0.274. The molecule has 2 aromatic carbocycles. The lowest BCUT2D eigenvalue weighted by Crippen LogP contribution is -2.16. The molecule has 0 spiro atoms. The number of anilines is 2. The Morgan fingerprint density at radius 2 is 1.70 bits per heavy atom. The standard InChI is InChI=1S/C16H14F4N2O/c17-12-2-1-3-14(10-12)21-9-8-15(23)22-13-6-4-11(5-7-13)16(18,19)20/h1-7,10,21H,8-9H2,(H,22,23). The Hall–Kier alpha value is -2.57. The molecule has 0 fully saturated rings. The molecule has 3 nitrogen and oxygen atoms in total. The van der Waals surface area contributed by atoms with Crippen LogP contribution in [0.3, 0.4) is 0 Å². The number of carbonyl (C=O) groups is 1. The first-order valence-electron chi connectivity index (χ1n) is 6.81. The molecule has 0 unspecified atom stereocenters. The topological polar surface area (TPSA) is 41.1 Å². The zero-order chi connectivity index (χ0) is 16.9. The molecule has 0 aliphatic rings. The van der Waals surface area contributed by atoms with Crippen LogP contribution in [0, 0.1) is 5.82 Å². The minimum absolute atomic E-state index is 0.0948. The Kier molecular flexibility index (Phi) is 5.20. The molecular formula is C16H14F4N2O. The molecule has 0 bridgehead atoms. The molecule has 0 atom stereocenters. The van der Waals surface area contributed by atoms with Gasteiger partial charge >= 0.3 is 6.18 Å². The van der Waals surface area contributed by atoms with E-state index in [0.29, 0.717) is 5.69 Å². The van der Waals surface area contributed by atoms with Crippen LogP contribution in [0.2, 0.25) is 0 Å². The Balaban J connectivity index is 1.80. The second kappa shape index (κ2) is 7.13. The van der Waals surface area contributed by atoms with Gasteiger partial charge in [-0.25, -0.2) is 4.39 Å². The smallest absolute Gasteiger partial charge is 0.384 e. The highest BCUT2D eigenvalue weighted by Crippen LogP contribution is 2.29. The number of rotatable bonds is 5. The van der Waals surface area contributed by atoms with Crippen molar-refractivity contribution in [2.75, 3.05) is 17.2 Å². The van der Waals surface area contributed by atoms with Crippen LogP contribution in [0.25, 0.3) is 0 Å². The molecule has 0 heterocycles.